The molecule has 3 rings (SSSR count). The van der Waals surface area contributed by atoms with Gasteiger partial charge in [0.25, 0.3) is 11.8 Å². The van der Waals surface area contributed by atoms with E-state index in [-0.39, 0.29) is 22.0 Å². The Bertz CT molecular complexity index is 803. The summed E-state index contributed by atoms with van der Waals surface area (Å²) in [5.41, 5.74) is 0.362. The Hall–Kier alpha value is -2.28. The maximum absolute atomic E-state index is 13.7. The first-order chi connectivity index (χ1) is 11.9. The van der Waals surface area contributed by atoms with E-state index < -0.39 is 11.7 Å². The number of halogens is 1. The topological polar surface area (TPSA) is 62.3 Å². The quantitative estimate of drug-likeness (QED) is 0.904. The fraction of sp³-hybridized carbons (Fsp3) is 0.389. The van der Waals surface area contributed by atoms with Crippen LogP contribution in [0.15, 0.2) is 29.6 Å². The van der Waals surface area contributed by atoms with Crippen LogP contribution in [0, 0.1) is 11.2 Å². The summed E-state index contributed by atoms with van der Waals surface area (Å²) >= 11 is 1.16. The summed E-state index contributed by atoms with van der Waals surface area (Å²) in [4.78, 5) is 30.7. The number of hydrogen-bond donors (Lipinski definition) is 1. The van der Waals surface area contributed by atoms with Crippen LogP contribution in [0.3, 0.4) is 0 Å². The first-order valence-electron chi connectivity index (χ1n) is 8.16. The Morgan fingerprint density at radius 1 is 1.32 bits per heavy atom. The molecule has 1 saturated heterocycles. The van der Waals surface area contributed by atoms with Crippen LogP contribution < -0.4 is 5.32 Å². The fourth-order valence-corrected chi connectivity index (χ4v) is 3.68. The highest BCUT2D eigenvalue weighted by molar-refractivity contribution is 7.14. The van der Waals surface area contributed by atoms with Gasteiger partial charge in [-0.1, -0.05) is 26.0 Å². The molecule has 1 fully saturated rings. The molecule has 1 aromatic heterocycles. The van der Waals surface area contributed by atoms with Crippen LogP contribution in [0.2, 0.25) is 0 Å². The SMILES string of the molecule is CC1(C)CCCN(C(=O)c2csc(NC(=O)c3ccccc3F)n2)C1. The molecule has 0 atom stereocenters. The Morgan fingerprint density at radius 2 is 2.08 bits per heavy atom. The van der Waals surface area contributed by atoms with Gasteiger partial charge in [0.1, 0.15) is 11.5 Å². The summed E-state index contributed by atoms with van der Waals surface area (Å²) in [5.74, 6) is -1.30. The predicted octanol–water partition coefficient (Wildman–Crippen LogP) is 3.80. The van der Waals surface area contributed by atoms with E-state index in [0.717, 1.165) is 30.7 Å². The van der Waals surface area contributed by atoms with Gasteiger partial charge in [0.15, 0.2) is 5.13 Å². The zero-order valence-corrected chi connectivity index (χ0v) is 15.0. The van der Waals surface area contributed by atoms with E-state index in [2.05, 4.69) is 24.1 Å². The number of piperidine rings is 1. The lowest BCUT2D eigenvalue weighted by Crippen LogP contribution is -2.43. The van der Waals surface area contributed by atoms with Gasteiger partial charge in [-0.2, -0.15) is 0 Å². The number of anilines is 1. The van der Waals surface area contributed by atoms with Crippen LogP contribution in [0.5, 0.6) is 0 Å². The van der Waals surface area contributed by atoms with Crippen LogP contribution in [-0.2, 0) is 0 Å². The third-order valence-electron chi connectivity index (χ3n) is 4.25. The molecule has 25 heavy (non-hydrogen) atoms. The number of carbonyl (C=O) groups is 2. The monoisotopic (exact) mass is 361 g/mol. The van der Waals surface area contributed by atoms with Crippen molar-refractivity contribution in [1.29, 1.82) is 0 Å². The average molecular weight is 361 g/mol. The zero-order chi connectivity index (χ0) is 18.0. The lowest BCUT2D eigenvalue weighted by molar-refractivity contribution is 0.0578. The second-order valence-corrected chi connectivity index (χ2v) is 7.82. The minimum absolute atomic E-state index is 0.0524. The number of amides is 2. The van der Waals surface area contributed by atoms with Crippen LogP contribution in [-0.4, -0.2) is 34.8 Å². The molecule has 7 heteroatoms. The molecule has 0 saturated carbocycles. The van der Waals surface area contributed by atoms with Crippen molar-refractivity contribution in [2.24, 2.45) is 5.41 Å². The van der Waals surface area contributed by atoms with E-state index in [1.54, 1.807) is 16.3 Å². The fourth-order valence-electron chi connectivity index (χ4n) is 3.00. The van der Waals surface area contributed by atoms with Gasteiger partial charge < -0.3 is 4.90 Å². The van der Waals surface area contributed by atoms with Gasteiger partial charge in [-0.3, -0.25) is 14.9 Å². The third-order valence-corrected chi connectivity index (χ3v) is 5.01. The highest BCUT2D eigenvalue weighted by Gasteiger charge is 2.30. The Balaban J connectivity index is 1.69. The zero-order valence-electron chi connectivity index (χ0n) is 14.2. The van der Waals surface area contributed by atoms with Crippen molar-refractivity contribution < 1.29 is 14.0 Å². The van der Waals surface area contributed by atoms with Crippen molar-refractivity contribution in [3.8, 4) is 0 Å². The maximum atomic E-state index is 13.7. The number of hydrogen-bond acceptors (Lipinski definition) is 4. The van der Waals surface area contributed by atoms with Gasteiger partial charge in [0.05, 0.1) is 5.56 Å². The van der Waals surface area contributed by atoms with E-state index in [9.17, 15) is 14.0 Å². The number of aromatic nitrogens is 1. The molecule has 0 radical (unpaired) electrons. The van der Waals surface area contributed by atoms with Gasteiger partial charge >= 0.3 is 0 Å². The van der Waals surface area contributed by atoms with Crippen molar-refractivity contribution in [3.63, 3.8) is 0 Å². The number of likely N-dealkylation sites (tertiary alicyclic amines) is 1. The smallest absolute Gasteiger partial charge is 0.273 e. The summed E-state index contributed by atoms with van der Waals surface area (Å²) in [7, 11) is 0. The van der Waals surface area contributed by atoms with Crippen molar-refractivity contribution in [3.05, 3.63) is 46.7 Å². The molecule has 1 N–H and O–H groups in total. The van der Waals surface area contributed by atoms with Crippen LogP contribution in [0.4, 0.5) is 9.52 Å². The Morgan fingerprint density at radius 3 is 2.80 bits per heavy atom. The predicted molar refractivity (Wildman–Crippen MR) is 95.4 cm³/mol. The second-order valence-electron chi connectivity index (χ2n) is 6.97. The molecule has 2 aromatic rings. The van der Waals surface area contributed by atoms with Crippen LogP contribution >= 0.6 is 11.3 Å². The molecule has 1 aliphatic rings. The highest BCUT2D eigenvalue weighted by atomic mass is 32.1. The van der Waals surface area contributed by atoms with E-state index in [4.69, 9.17) is 0 Å². The molecule has 0 aliphatic carbocycles. The molecule has 0 bridgehead atoms. The van der Waals surface area contributed by atoms with Crippen molar-refractivity contribution >= 4 is 28.3 Å². The summed E-state index contributed by atoms with van der Waals surface area (Å²) < 4.78 is 13.7. The Labute approximate surface area is 149 Å². The number of nitrogens with one attached hydrogen (secondary N) is 1. The number of rotatable bonds is 3. The standard InChI is InChI=1S/C18H20FN3O2S/c1-18(2)8-5-9-22(11-18)16(24)14-10-25-17(20-14)21-15(23)12-6-3-4-7-13(12)19/h3-4,6-7,10H,5,8-9,11H2,1-2H3,(H,20,21,23). The first kappa shape index (κ1) is 17.5. The number of carbonyl (C=O) groups excluding carboxylic acids is 2. The maximum Gasteiger partial charge on any atom is 0.273 e. The van der Waals surface area contributed by atoms with Gasteiger partial charge in [0.2, 0.25) is 0 Å². The number of benzene rings is 1. The number of thiazole rings is 1. The summed E-state index contributed by atoms with van der Waals surface area (Å²) in [5, 5.41) is 4.46. The molecule has 2 amide bonds. The van der Waals surface area contributed by atoms with E-state index in [0.29, 0.717) is 12.2 Å². The molecule has 1 aromatic carbocycles. The minimum atomic E-state index is -0.594. The van der Waals surface area contributed by atoms with E-state index >= 15 is 0 Å². The molecular weight excluding hydrogens is 341 g/mol. The molecule has 5 nitrogen and oxygen atoms in total. The van der Waals surface area contributed by atoms with Gasteiger partial charge in [-0.05, 0) is 30.4 Å². The molecule has 1 aliphatic heterocycles. The first-order valence-corrected chi connectivity index (χ1v) is 9.04. The lowest BCUT2D eigenvalue weighted by atomic mass is 9.84. The lowest BCUT2D eigenvalue weighted by Gasteiger charge is -2.37. The molecule has 0 unspecified atom stereocenters. The van der Waals surface area contributed by atoms with Gasteiger partial charge in [0, 0.05) is 18.5 Å². The largest absolute Gasteiger partial charge is 0.337 e. The molecule has 2 heterocycles. The van der Waals surface area contributed by atoms with E-state index in [1.165, 1.54) is 18.2 Å². The summed E-state index contributed by atoms with van der Waals surface area (Å²) in [6.07, 6.45) is 2.07. The van der Waals surface area contributed by atoms with Crippen molar-refractivity contribution in [2.75, 3.05) is 18.4 Å². The molecule has 132 valence electrons. The Kier molecular flexibility index (Phi) is 4.85. The van der Waals surface area contributed by atoms with Crippen molar-refractivity contribution in [2.45, 2.75) is 26.7 Å². The molecular formula is C18H20FN3O2S. The third kappa shape index (κ3) is 4.04. The second kappa shape index (κ2) is 6.92. The highest BCUT2D eigenvalue weighted by Crippen LogP contribution is 2.29. The van der Waals surface area contributed by atoms with E-state index in [1.807, 2.05) is 0 Å². The van der Waals surface area contributed by atoms with Crippen LogP contribution in [0.25, 0.3) is 0 Å². The van der Waals surface area contributed by atoms with Crippen LogP contribution in [0.1, 0.15) is 47.5 Å². The van der Waals surface area contributed by atoms with Gasteiger partial charge in [-0.25, -0.2) is 9.37 Å². The summed E-state index contributed by atoms with van der Waals surface area (Å²) in [6.45, 7) is 5.71. The summed E-state index contributed by atoms with van der Waals surface area (Å²) in [6, 6.07) is 5.74. The van der Waals surface area contributed by atoms with Crippen molar-refractivity contribution in [1.82, 2.24) is 9.88 Å². The average Bonchev–Trinajstić information content (AvgIpc) is 3.02. The molecule has 0 spiro atoms. The number of nitrogens with zero attached hydrogens (tertiary/aromatic N) is 2. The van der Waals surface area contributed by atoms with Gasteiger partial charge in [-0.15, -0.1) is 11.3 Å². The normalized spacial score (nSPS) is 16.5. The minimum Gasteiger partial charge on any atom is -0.337 e.